The molecule has 92 valence electrons. The van der Waals surface area contributed by atoms with E-state index in [4.69, 9.17) is 0 Å². The highest BCUT2D eigenvalue weighted by atomic mass is 16.1. The number of fused-ring (bicyclic) bond motifs is 5. The molecule has 0 unspecified atom stereocenters. The third-order valence-electron chi connectivity index (χ3n) is 4.11. The van der Waals surface area contributed by atoms with Gasteiger partial charge < -0.3 is 0 Å². The van der Waals surface area contributed by atoms with E-state index in [1.165, 1.54) is 27.1 Å². The summed E-state index contributed by atoms with van der Waals surface area (Å²) in [6.07, 6.45) is 11.1. The molecule has 4 rings (SSSR count). The normalized spacial score (nSPS) is 16.5. The maximum atomic E-state index is 11.5. The first-order valence-electron chi connectivity index (χ1n) is 6.79. The molecule has 2 aliphatic rings. The average molecular weight is 246 g/mol. The van der Waals surface area contributed by atoms with Crippen LogP contribution in [0.3, 0.4) is 0 Å². The third kappa shape index (κ3) is 1.58. The van der Waals surface area contributed by atoms with Gasteiger partial charge in [0, 0.05) is 6.42 Å². The molecule has 0 N–H and O–H groups in total. The minimum atomic E-state index is 0.202. The smallest absolute Gasteiger partial charge is 0.160 e. The summed E-state index contributed by atoms with van der Waals surface area (Å²) in [5.41, 5.74) is 2.79. The Morgan fingerprint density at radius 1 is 1.00 bits per heavy atom. The molecular weight excluding hydrogens is 232 g/mol. The predicted molar refractivity (Wildman–Crippen MR) is 79.1 cm³/mol. The van der Waals surface area contributed by atoms with Gasteiger partial charge >= 0.3 is 0 Å². The largest absolute Gasteiger partial charge is 0.294 e. The molecule has 0 spiro atoms. The summed E-state index contributed by atoms with van der Waals surface area (Å²) in [5.74, 6) is 0.202. The molecule has 0 aliphatic heterocycles. The summed E-state index contributed by atoms with van der Waals surface area (Å²) in [7, 11) is 0. The predicted octanol–water partition coefficient (Wildman–Crippen LogP) is 2.33. The number of aryl methyl sites for hydroxylation is 1. The highest BCUT2D eigenvalue weighted by molar-refractivity contribution is 6.10. The molecule has 0 heterocycles. The van der Waals surface area contributed by atoms with Crippen molar-refractivity contribution in [2.75, 3.05) is 0 Å². The van der Waals surface area contributed by atoms with Gasteiger partial charge in [0.25, 0.3) is 0 Å². The van der Waals surface area contributed by atoms with E-state index in [9.17, 15) is 4.79 Å². The molecule has 1 heteroatoms. The van der Waals surface area contributed by atoms with E-state index in [1.54, 1.807) is 6.08 Å². The SMILES string of the molecule is O=C1C=c2ccc3c4c(ccc3c2=CC1)C=CCC4. The van der Waals surface area contributed by atoms with E-state index in [0.717, 1.165) is 18.1 Å². The first kappa shape index (κ1) is 10.7. The minimum Gasteiger partial charge on any atom is -0.294 e. The van der Waals surface area contributed by atoms with Gasteiger partial charge in [-0.05, 0) is 51.3 Å². The van der Waals surface area contributed by atoms with E-state index in [2.05, 4.69) is 42.5 Å². The topological polar surface area (TPSA) is 17.1 Å². The standard InChI is InChI=1S/C18H14O/c19-14-7-10-16-13(11-14)6-9-17-15-4-2-1-3-12(15)5-8-18(16)17/h1,3,5-6,8-11H,2,4,7H2. The number of hydrogen-bond donors (Lipinski definition) is 0. The van der Waals surface area contributed by atoms with Gasteiger partial charge in [-0.1, -0.05) is 42.5 Å². The number of carbonyl (C=O) groups is 1. The summed E-state index contributed by atoms with van der Waals surface area (Å²) in [6.45, 7) is 0. The van der Waals surface area contributed by atoms with Gasteiger partial charge in [-0.2, -0.15) is 0 Å². The molecule has 0 fully saturated rings. The maximum absolute atomic E-state index is 11.5. The highest BCUT2D eigenvalue weighted by Crippen LogP contribution is 2.26. The molecular formula is C18H14O. The first-order chi connectivity index (χ1) is 9.33. The van der Waals surface area contributed by atoms with Crippen molar-refractivity contribution in [3.63, 3.8) is 0 Å². The summed E-state index contributed by atoms with van der Waals surface area (Å²) < 4.78 is 0. The fraction of sp³-hybridized carbons (Fsp3) is 0.167. The van der Waals surface area contributed by atoms with Crippen LogP contribution in [-0.2, 0) is 11.2 Å². The Kier molecular flexibility index (Phi) is 2.22. The lowest BCUT2D eigenvalue weighted by Crippen LogP contribution is -2.29. The molecule has 0 atom stereocenters. The lowest BCUT2D eigenvalue weighted by atomic mass is 9.90. The maximum Gasteiger partial charge on any atom is 0.160 e. The Bertz CT molecular complexity index is 853. The molecule has 2 aromatic rings. The van der Waals surface area contributed by atoms with Crippen molar-refractivity contribution in [2.45, 2.75) is 19.3 Å². The zero-order valence-corrected chi connectivity index (χ0v) is 10.6. The van der Waals surface area contributed by atoms with Crippen LogP contribution < -0.4 is 10.4 Å². The van der Waals surface area contributed by atoms with Gasteiger partial charge in [-0.25, -0.2) is 0 Å². The van der Waals surface area contributed by atoms with Gasteiger partial charge in [0.2, 0.25) is 0 Å². The lowest BCUT2D eigenvalue weighted by Gasteiger charge is -2.14. The number of benzene rings is 2. The number of carbonyl (C=O) groups excluding carboxylic acids is 1. The quantitative estimate of drug-likeness (QED) is 0.697. The van der Waals surface area contributed by atoms with E-state index in [1.807, 2.05) is 0 Å². The van der Waals surface area contributed by atoms with Crippen LogP contribution in [0.4, 0.5) is 0 Å². The van der Waals surface area contributed by atoms with Crippen LogP contribution in [0.25, 0.3) is 29.0 Å². The van der Waals surface area contributed by atoms with Gasteiger partial charge in [0.05, 0.1) is 0 Å². The Hall–Kier alpha value is -2.15. The molecule has 0 amide bonds. The average Bonchev–Trinajstić information content (AvgIpc) is 2.46. The fourth-order valence-corrected chi connectivity index (χ4v) is 3.19. The monoisotopic (exact) mass is 246 g/mol. The number of ketones is 1. The van der Waals surface area contributed by atoms with Gasteiger partial charge in [-0.15, -0.1) is 0 Å². The Balaban J connectivity index is 2.16. The van der Waals surface area contributed by atoms with E-state index >= 15 is 0 Å². The number of allylic oxidation sites excluding steroid dienone is 1. The van der Waals surface area contributed by atoms with Crippen molar-refractivity contribution in [1.82, 2.24) is 0 Å². The van der Waals surface area contributed by atoms with E-state index in [0.29, 0.717) is 6.42 Å². The Morgan fingerprint density at radius 3 is 2.84 bits per heavy atom. The van der Waals surface area contributed by atoms with E-state index in [-0.39, 0.29) is 5.78 Å². The summed E-state index contributed by atoms with van der Waals surface area (Å²) in [6, 6.07) is 8.67. The van der Waals surface area contributed by atoms with Gasteiger partial charge in [-0.3, -0.25) is 4.79 Å². The second kappa shape index (κ2) is 3.92. The van der Waals surface area contributed by atoms with Crippen molar-refractivity contribution in [1.29, 1.82) is 0 Å². The molecule has 0 radical (unpaired) electrons. The highest BCUT2D eigenvalue weighted by Gasteiger charge is 2.11. The van der Waals surface area contributed by atoms with Crippen LogP contribution in [0.5, 0.6) is 0 Å². The molecule has 19 heavy (non-hydrogen) atoms. The zero-order valence-electron chi connectivity index (χ0n) is 10.6. The summed E-state index contributed by atoms with van der Waals surface area (Å²) in [5, 5.41) is 4.93. The Morgan fingerprint density at radius 2 is 1.89 bits per heavy atom. The molecule has 1 nitrogen and oxygen atoms in total. The number of hydrogen-bond acceptors (Lipinski definition) is 1. The van der Waals surface area contributed by atoms with Crippen molar-refractivity contribution in [2.24, 2.45) is 0 Å². The van der Waals surface area contributed by atoms with Crippen LogP contribution in [0.1, 0.15) is 24.0 Å². The Labute approximate surface area is 111 Å². The lowest BCUT2D eigenvalue weighted by molar-refractivity contribution is -0.112. The van der Waals surface area contributed by atoms with Gasteiger partial charge in [0.1, 0.15) is 0 Å². The second-order valence-electron chi connectivity index (χ2n) is 5.26. The molecule has 2 aliphatic carbocycles. The minimum absolute atomic E-state index is 0.202. The van der Waals surface area contributed by atoms with Gasteiger partial charge in [0.15, 0.2) is 5.78 Å². The second-order valence-corrected chi connectivity index (χ2v) is 5.26. The molecule has 0 bridgehead atoms. The van der Waals surface area contributed by atoms with Crippen LogP contribution in [0.2, 0.25) is 0 Å². The van der Waals surface area contributed by atoms with Crippen LogP contribution >= 0.6 is 0 Å². The molecule has 0 saturated heterocycles. The van der Waals surface area contributed by atoms with Crippen molar-refractivity contribution < 1.29 is 4.79 Å². The zero-order chi connectivity index (χ0) is 12.8. The van der Waals surface area contributed by atoms with Crippen molar-refractivity contribution in [3.8, 4) is 0 Å². The summed E-state index contributed by atoms with van der Waals surface area (Å²) in [4.78, 5) is 11.5. The number of rotatable bonds is 0. The number of Topliss-reactive ketones (excluding diaryl/α,β-unsaturated/α-hetero) is 1. The van der Waals surface area contributed by atoms with Crippen LogP contribution in [-0.4, -0.2) is 5.78 Å². The van der Waals surface area contributed by atoms with Crippen LogP contribution in [0.15, 0.2) is 30.3 Å². The fourth-order valence-electron chi connectivity index (χ4n) is 3.19. The molecule has 0 aromatic heterocycles. The van der Waals surface area contributed by atoms with Crippen molar-refractivity contribution in [3.05, 3.63) is 51.9 Å². The van der Waals surface area contributed by atoms with E-state index < -0.39 is 0 Å². The van der Waals surface area contributed by atoms with Crippen LogP contribution in [0, 0.1) is 0 Å². The molecule has 2 aromatic carbocycles. The first-order valence-corrected chi connectivity index (χ1v) is 6.79. The van der Waals surface area contributed by atoms with Crippen molar-refractivity contribution >= 4 is 34.8 Å². The molecule has 0 saturated carbocycles. The summed E-state index contributed by atoms with van der Waals surface area (Å²) >= 11 is 0. The third-order valence-corrected chi connectivity index (χ3v) is 4.11.